The minimum Gasteiger partial charge on any atom is -0.396 e. The van der Waals surface area contributed by atoms with Crippen molar-refractivity contribution in [1.29, 1.82) is 0 Å². The molecule has 0 spiro atoms. The molecule has 2 atom stereocenters. The van der Waals surface area contributed by atoms with Gasteiger partial charge in [0, 0.05) is 24.2 Å². The van der Waals surface area contributed by atoms with Crippen molar-refractivity contribution in [2.45, 2.75) is 45.9 Å². The topological polar surface area (TPSA) is 93.2 Å². The number of carbonyl (C=O) groups excluding carboxylic acids is 1. The third-order valence-corrected chi connectivity index (χ3v) is 3.85. The number of hydrogen-bond acceptors (Lipinski definition) is 4. The van der Waals surface area contributed by atoms with E-state index in [0.717, 1.165) is 0 Å². The highest BCUT2D eigenvalue weighted by molar-refractivity contribution is 5.97. The summed E-state index contributed by atoms with van der Waals surface area (Å²) in [6, 6.07) is -0.0359. The van der Waals surface area contributed by atoms with E-state index in [1.807, 2.05) is 20.8 Å². The van der Waals surface area contributed by atoms with Crippen LogP contribution in [0.5, 0.6) is 0 Å². The number of nitrogen functional groups attached to an aromatic ring is 1. The van der Waals surface area contributed by atoms with Gasteiger partial charge in [-0.05, 0) is 13.3 Å². The zero-order valence-electron chi connectivity index (χ0n) is 11.0. The summed E-state index contributed by atoms with van der Waals surface area (Å²) in [5.74, 6) is -0.273. The van der Waals surface area contributed by atoms with Crippen molar-refractivity contribution in [3.8, 4) is 0 Å². The van der Waals surface area contributed by atoms with Gasteiger partial charge in [0.05, 0.1) is 11.8 Å². The Hall–Kier alpha value is -1.56. The van der Waals surface area contributed by atoms with Crippen LogP contribution in [0.3, 0.4) is 0 Å². The first-order valence-corrected chi connectivity index (χ1v) is 6.18. The Balaban J connectivity index is 2.06. The third kappa shape index (κ3) is 1.96. The number of anilines is 1. The van der Waals surface area contributed by atoms with Crippen molar-refractivity contribution in [2.75, 3.05) is 5.73 Å². The van der Waals surface area contributed by atoms with Crippen LogP contribution < -0.4 is 11.1 Å². The van der Waals surface area contributed by atoms with E-state index in [1.54, 1.807) is 10.9 Å². The van der Waals surface area contributed by atoms with Crippen LogP contribution in [0.25, 0.3) is 0 Å². The molecule has 6 heteroatoms. The summed E-state index contributed by atoms with van der Waals surface area (Å²) >= 11 is 0. The number of amides is 1. The first-order chi connectivity index (χ1) is 8.36. The molecule has 0 saturated heterocycles. The predicted octanol–water partition coefficient (Wildman–Crippen LogP) is 0.374. The molecular weight excluding hydrogens is 232 g/mol. The molecule has 1 aromatic rings. The maximum atomic E-state index is 12.0. The molecule has 4 N–H and O–H groups in total. The molecule has 2 rings (SSSR count). The fraction of sp³-hybridized carbons (Fsp3) is 0.667. The lowest BCUT2D eigenvalue weighted by Gasteiger charge is -2.49. The SMILES string of the molecule is CCn1cc(N)c(C(=O)NC2CC(O)C2(C)C)n1. The Morgan fingerprint density at radius 2 is 2.39 bits per heavy atom. The number of hydrogen-bond donors (Lipinski definition) is 3. The number of rotatable bonds is 3. The largest absolute Gasteiger partial charge is 0.396 e. The molecule has 0 radical (unpaired) electrons. The molecule has 0 aliphatic heterocycles. The van der Waals surface area contributed by atoms with Crippen molar-refractivity contribution in [1.82, 2.24) is 15.1 Å². The lowest BCUT2D eigenvalue weighted by Crippen LogP contribution is -2.61. The van der Waals surface area contributed by atoms with E-state index in [1.165, 1.54) is 0 Å². The molecule has 1 amide bonds. The van der Waals surface area contributed by atoms with Gasteiger partial charge < -0.3 is 16.2 Å². The smallest absolute Gasteiger partial charge is 0.274 e. The van der Waals surface area contributed by atoms with Gasteiger partial charge >= 0.3 is 0 Å². The van der Waals surface area contributed by atoms with Crippen molar-refractivity contribution < 1.29 is 9.90 Å². The second kappa shape index (κ2) is 4.28. The lowest BCUT2D eigenvalue weighted by molar-refractivity contribution is -0.0690. The quantitative estimate of drug-likeness (QED) is 0.724. The summed E-state index contributed by atoms with van der Waals surface area (Å²) in [7, 11) is 0. The van der Waals surface area contributed by atoms with Crippen LogP contribution in [0.15, 0.2) is 6.20 Å². The fourth-order valence-electron chi connectivity index (χ4n) is 2.15. The standard InChI is InChI=1S/C12H20N4O2/c1-4-16-6-7(13)10(15-16)11(18)14-8-5-9(17)12(8,2)3/h6,8-9,17H,4-5,13H2,1-3H3,(H,14,18). The van der Waals surface area contributed by atoms with E-state index in [4.69, 9.17) is 5.73 Å². The molecule has 1 heterocycles. The van der Waals surface area contributed by atoms with Crippen LogP contribution in [0.2, 0.25) is 0 Å². The third-order valence-electron chi connectivity index (χ3n) is 3.85. The summed E-state index contributed by atoms with van der Waals surface area (Å²) in [5.41, 5.74) is 6.10. The maximum absolute atomic E-state index is 12.0. The molecule has 18 heavy (non-hydrogen) atoms. The number of nitrogens with one attached hydrogen (secondary N) is 1. The normalized spacial score (nSPS) is 25.6. The number of nitrogens with zero attached hydrogens (tertiary/aromatic N) is 2. The van der Waals surface area contributed by atoms with E-state index in [2.05, 4.69) is 10.4 Å². The van der Waals surface area contributed by atoms with Crippen LogP contribution in [0.4, 0.5) is 5.69 Å². The summed E-state index contributed by atoms with van der Waals surface area (Å²) in [4.78, 5) is 12.0. The van der Waals surface area contributed by atoms with Gasteiger partial charge in [0.25, 0.3) is 5.91 Å². The number of carbonyl (C=O) groups is 1. The molecule has 100 valence electrons. The maximum Gasteiger partial charge on any atom is 0.274 e. The molecular formula is C12H20N4O2. The molecule has 1 saturated carbocycles. The second-order valence-corrected chi connectivity index (χ2v) is 5.39. The van der Waals surface area contributed by atoms with Crippen molar-refractivity contribution in [3.63, 3.8) is 0 Å². The van der Waals surface area contributed by atoms with Gasteiger partial charge in [-0.3, -0.25) is 9.48 Å². The summed E-state index contributed by atoms with van der Waals surface area (Å²) < 4.78 is 1.63. The molecule has 1 aromatic heterocycles. The van der Waals surface area contributed by atoms with Crippen molar-refractivity contribution in [3.05, 3.63) is 11.9 Å². The average molecular weight is 252 g/mol. The number of nitrogens with two attached hydrogens (primary N) is 1. The van der Waals surface area contributed by atoms with E-state index < -0.39 is 0 Å². The zero-order valence-corrected chi connectivity index (χ0v) is 11.0. The minimum absolute atomic E-state index is 0.0359. The van der Waals surface area contributed by atoms with Gasteiger partial charge in [0.2, 0.25) is 0 Å². The Morgan fingerprint density at radius 1 is 1.72 bits per heavy atom. The Bertz CT molecular complexity index is 467. The Labute approximate surface area is 106 Å². The highest BCUT2D eigenvalue weighted by Crippen LogP contribution is 2.40. The molecule has 1 aliphatic rings. The monoisotopic (exact) mass is 252 g/mol. The van der Waals surface area contributed by atoms with Crippen LogP contribution >= 0.6 is 0 Å². The summed E-state index contributed by atoms with van der Waals surface area (Å²) in [6.45, 7) is 6.46. The van der Waals surface area contributed by atoms with E-state index in [-0.39, 0.29) is 29.2 Å². The minimum atomic E-state index is -0.367. The molecule has 1 fully saturated rings. The molecule has 2 unspecified atom stereocenters. The summed E-state index contributed by atoms with van der Waals surface area (Å²) in [5, 5.41) is 16.6. The van der Waals surface area contributed by atoms with Crippen molar-refractivity contribution >= 4 is 11.6 Å². The average Bonchev–Trinajstić information content (AvgIpc) is 2.70. The van der Waals surface area contributed by atoms with Gasteiger partial charge in [-0.1, -0.05) is 13.8 Å². The molecule has 0 bridgehead atoms. The highest BCUT2D eigenvalue weighted by Gasteiger charge is 2.48. The van der Waals surface area contributed by atoms with Gasteiger partial charge in [-0.15, -0.1) is 0 Å². The van der Waals surface area contributed by atoms with Crippen LogP contribution in [-0.4, -0.2) is 32.9 Å². The first kappa shape index (κ1) is 12.9. The van der Waals surface area contributed by atoms with Crippen molar-refractivity contribution in [2.24, 2.45) is 5.41 Å². The van der Waals surface area contributed by atoms with Crippen LogP contribution in [0, 0.1) is 5.41 Å². The Kier molecular flexibility index (Phi) is 3.06. The van der Waals surface area contributed by atoms with Gasteiger partial charge in [0.1, 0.15) is 0 Å². The van der Waals surface area contributed by atoms with Gasteiger partial charge in [-0.2, -0.15) is 5.10 Å². The number of aryl methyl sites for hydroxylation is 1. The first-order valence-electron chi connectivity index (χ1n) is 6.18. The van der Waals surface area contributed by atoms with E-state index >= 15 is 0 Å². The van der Waals surface area contributed by atoms with Crippen LogP contribution in [-0.2, 0) is 6.54 Å². The van der Waals surface area contributed by atoms with Crippen LogP contribution in [0.1, 0.15) is 37.7 Å². The highest BCUT2D eigenvalue weighted by atomic mass is 16.3. The summed E-state index contributed by atoms with van der Waals surface area (Å²) in [6.07, 6.45) is 1.86. The zero-order chi connectivity index (χ0) is 13.5. The second-order valence-electron chi connectivity index (χ2n) is 5.39. The number of aliphatic hydroxyl groups is 1. The Morgan fingerprint density at radius 3 is 2.83 bits per heavy atom. The number of aromatic nitrogens is 2. The fourth-order valence-corrected chi connectivity index (χ4v) is 2.15. The van der Waals surface area contributed by atoms with E-state index in [0.29, 0.717) is 18.7 Å². The lowest BCUT2D eigenvalue weighted by atomic mass is 9.64. The van der Waals surface area contributed by atoms with Gasteiger partial charge in [0.15, 0.2) is 5.69 Å². The van der Waals surface area contributed by atoms with Gasteiger partial charge in [-0.25, -0.2) is 0 Å². The molecule has 0 aromatic carbocycles. The molecule has 6 nitrogen and oxygen atoms in total. The van der Waals surface area contributed by atoms with E-state index in [9.17, 15) is 9.90 Å². The predicted molar refractivity (Wildman–Crippen MR) is 68.0 cm³/mol. The number of aliphatic hydroxyl groups excluding tert-OH is 1. The molecule has 1 aliphatic carbocycles.